The Labute approximate surface area is 111 Å². The van der Waals surface area contributed by atoms with Gasteiger partial charge in [-0.25, -0.2) is 4.79 Å². The SMILES string of the molecule is CCOC(=O)C(=O)c1ccc(OC(F)(F)F)cc1Cl. The Morgan fingerprint density at radius 3 is 2.42 bits per heavy atom. The van der Waals surface area contributed by atoms with Gasteiger partial charge in [0, 0.05) is 5.56 Å². The molecule has 19 heavy (non-hydrogen) atoms. The second kappa shape index (κ2) is 5.92. The van der Waals surface area contributed by atoms with Gasteiger partial charge in [0.05, 0.1) is 11.6 Å². The number of rotatable bonds is 4. The van der Waals surface area contributed by atoms with Crippen LogP contribution in [-0.2, 0) is 9.53 Å². The van der Waals surface area contributed by atoms with Crippen LogP contribution in [0.15, 0.2) is 18.2 Å². The summed E-state index contributed by atoms with van der Waals surface area (Å²) in [6.07, 6.45) is -4.87. The highest BCUT2D eigenvalue weighted by atomic mass is 35.5. The van der Waals surface area contributed by atoms with Gasteiger partial charge in [0.15, 0.2) is 0 Å². The molecule has 104 valence electrons. The molecule has 1 aromatic rings. The summed E-state index contributed by atoms with van der Waals surface area (Å²) in [5, 5.41) is -0.334. The van der Waals surface area contributed by atoms with Crippen molar-refractivity contribution in [2.75, 3.05) is 6.61 Å². The number of ether oxygens (including phenoxy) is 2. The Balaban J connectivity index is 2.95. The van der Waals surface area contributed by atoms with E-state index < -0.39 is 23.9 Å². The molecular formula is C11H8ClF3O4. The van der Waals surface area contributed by atoms with Crippen molar-refractivity contribution in [2.45, 2.75) is 13.3 Å². The van der Waals surface area contributed by atoms with Gasteiger partial charge in [0.1, 0.15) is 5.75 Å². The minimum Gasteiger partial charge on any atom is -0.460 e. The van der Waals surface area contributed by atoms with Gasteiger partial charge in [-0.1, -0.05) is 11.6 Å². The summed E-state index contributed by atoms with van der Waals surface area (Å²) in [5.41, 5.74) is -0.255. The zero-order chi connectivity index (χ0) is 14.6. The lowest BCUT2D eigenvalue weighted by molar-refractivity contribution is -0.274. The Hall–Kier alpha value is -1.76. The third-order valence-corrected chi connectivity index (χ3v) is 2.19. The van der Waals surface area contributed by atoms with E-state index in [1.54, 1.807) is 0 Å². The second-order valence-electron chi connectivity index (χ2n) is 3.24. The summed E-state index contributed by atoms with van der Waals surface area (Å²) in [5.74, 6) is -2.75. The normalized spacial score (nSPS) is 11.0. The fraction of sp³-hybridized carbons (Fsp3) is 0.273. The van der Waals surface area contributed by atoms with Gasteiger partial charge in [0.2, 0.25) is 0 Å². The minimum absolute atomic E-state index is 0.00252. The van der Waals surface area contributed by atoms with Crippen molar-refractivity contribution in [3.8, 4) is 5.75 Å². The molecule has 0 saturated heterocycles. The Morgan fingerprint density at radius 2 is 1.95 bits per heavy atom. The third kappa shape index (κ3) is 4.44. The number of Topliss-reactive ketones (excluding diaryl/α,β-unsaturated/α-hetero) is 1. The number of alkyl halides is 3. The van der Waals surface area contributed by atoms with E-state index in [2.05, 4.69) is 9.47 Å². The monoisotopic (exact) mass is 296 g/mol. The van der Waals surface area contributed by atoms with Crippen molar-refractivity contribution in [3.63, 3.8) is 0 Å². The van der Waals surface area contributed by atoms with Crippen LogP contribution in [0.5, 0.6) is 5.75 Å². The predicted molar refractivity (Wildman–Crippen MR) is 59.1 cm³/mol. The maximum atomic E-state index is 12.0. The smallest absolute Gasteiger partial charge is 0.460 e. The summed E-state index contributed by atoms with van der Waals surface area (Å²) in [4.78, 5) is 22.7. The van der Waals surface area contributed by atoms with E-state index in [0.29, 0.717) is 0 Å². The first kappa shape index (κ1) is 15.3. The number of hydrogen-bond acceptors (Lipinski definition) is 4. The van der Waals surface area contributed by atoms with E-state index in [-0.39, 0.29) is 17.2 Å². The van der Waals surface area contributed by atoms with E-state index in [9.17, 15) is 22.8 Å². The summed E-state index contributed by atoms with van der Waals surface area (Å²) < 4.78 is 43.9. The van der Waals surface area contributed by atoms with Gasteiger partial charge >= 0.3 is 12.3 Å². The van der Waals surface area contributed by atoms with Crippen LogP contribution in [-0.4, -0.2) is 24.7 Å². The maximum absolute atomic E-state index is 12.0. The lowest BCUT2D eigenvalue weighted by atomic mass is 10.1. The molecule has 0 spiro atoms. The van der Waals surface area contributed by atoms with Crippen LogP contribution in [0.1, 0.15) is 17.3 Å². The number of hydrogen-bond donors (Lipinski definition) is 0. The molecule has 0 bridgehead atoms. The molecule has 0 aliphatic rings. The van der Waals surface area contributed by atoms with Crippen molar-refractivity contribution in [3.05, 3.63) is 28.8 Å². The molecule has 0 aliphatic heterocycles. The molecule has 1 aromatic carbocycles. The lowest BCUT2D eigenvalue weighted by Crippen LogP contribution is -2.19. The highest BCUT2D eigenvalue weighted by Crippen LogP contribution is 2.27. The number of carbonyl (C=O) groups excluding carboxylic acids is 2. The van der Waals surface area contributed by atoms with E-state index in [1.807, 2.05) is 0 Å². The molecule has 0 unspecified atom stereocenters. The van der Waals surface area contributed by atoms with E-state index >= 15 is 0 Å². The summed E-state index contributed by atoms with van der Waals surface area (Å²) >= 11 is 5.62. The molecular weight excluding hydrogens is 289 g/mol. The van der Waals surface area contributed by atoms with Crippen LogP contribution in [0, 0.1) is 0 Å². The van der Waals surface area contributed by atoms with Crippen LogP contribution in [0.2, 0.25) is 5.02 Å². The summed E-state index contributed by atoms with van der Waals surface area (Å²) in [7, 11) is 0. The second-order valence-corrected chi connectivity index (χ2v) is 3.65. The first-order valence-electron chi connectivity index (χ1n) is 5.01. The minimum atomic E-state index is -4.87. The molecule has 0 fully saturated rings. The predicted octanol–water partition coefficient (Wildman–Crippen LogP) is 2.98. The zero-order valence-corrected chi connectivity index (χ0v) is 10.3. The maximum Gasteiger partial charge on any atom is 0.573 e. The van der Waals surface area contributed by atoms with Crippen LogP contribution < -0.4 is 4.74 Å². The van der Waals surface area contributed by atoms with Crippen LogP contribution in [0.25, 0.3) is 0 Å². The molecule has 0 atom stereocenters. The molecule has 0 aliphatic carbocycles. The van der Waals surface area contributed by atoms with E-state index in [0.717, 1.165) is 18.2 Å². The van der Waals surface area contributed by atoms with Gasteiger partial charge < -0.3 is 9.47 Å². The summed E-state index contributed by atoms with van der Waals surface area (Å²) in [6, 6.07) is 2.63. The highest BCUT2D eigenvalue weighted by molar-refractivity contribution is 6.45. The van der Waals surface area contributed by atoms with Crippen LogP contribution >= 0.6 is 11.6 Å². The topological polar surface area (TPSA) is 52.6 Å². The van der Waals surface area contributed by atoms with Gasteiger partial charge in [-0.3, -0.25) is 4.79 Å². The molecule has 0 N–H and O–H groups in total. The van der Waals surface area contributed by atoms with Crippen LogP contribution in [0.4, 0.5) is 13.2 Å². The average molecular weight is 297 g/mol. The zero-order valence-electron chi connectivity index (χ0n) is 9.58. The Kier molecular flexibility index (Phi) is 4.77. The van der Waals surface area contributed by atoms with Gasteiger partial charge in [0.25, 0.3) is 5.78 Å². The van der Waals surface area contributed by atoms with E-state index in [4.69, 9.17) is 11.6 Å². The first-order chi connectivity index (χ1) is 8.74. The molecule has 0 heterocycles. The fourth-order valence-corrected chi connectivity index (χ4v) is 1.44. The fourth-order valence-electron chi connectivity index (χ4n) is 1.18. The van der Waals surface area contributed by atoms with Gasteiger partial charge in [-0.15, -0.1) is 13.2 Å². The number of ketones is 1. The van der Waals surface area contributed by atoms with E-state index in [1.165, 1.54) is 6.92 Å². The Bertz CT molecular complexity index is 499. The molecule has 0 radical (unpaired) electrons. The van der Waals surface area contributed by atoms with Crippen molar-refractivity contribution in [2.24, 2.45) is 0 Å². The molecule has 0 amide bonds. The Morgan fingerprint density at radius 1 is 1.32 bits per heavy atom. The van der Waals surface area contributed by atoms with Crippen molar-refractivity contribution in [1.29, 1.82) is 0 Å². The standard InChI is InChI=1S/C11H8ClF3O4/c1-2-18-10(17)9(16)7-4-3-6(5-8(7)12)19-11(13,14)15/h3-5H,2H2,1H3. The lowest BCUT2D eigenvalue weighted by Gasteiger charge is -2.10. The quantitative estimate of drug-likeness (QED) is 0.487. The van der Waals surface area contributed by atoms with Crippen molar-refractivity contribution < 1.29 is 32.2 Å². The third-order valence-electron chi connectivity index (χ3n) is 1.88. The number of benzene rings is 1. The van der Waals surface area contributed by atoms with Crippen molar-refractivity contribution >= 4 is 23.4 Å². The molecule has 0 aromatic heterocycles. The van der Waals surface area contributed by atoms with Crippen LogP contribution in [0.3, 0.4) is 0 Å². The van der Waals surface area contributed by atoms with Gasteiger partial charge in [-0.05, 0) is 25.1 Å². The molecule has 4 nitrogen and oxygen atoms in total. The molecule has 8 heteroatoms. The largest absolute Gasteiger partial charge is 0.573 e. The average Bonchev–Trinajstić information content (AvgIpc) is 2.26. The van der Waals surface area contributed by atoms with Crippen molar-refractivity contribution in [1.82, 2.24) is 0 Å². The van der Waals surface area contributed by atoms with Gasteiger partial charge in [-0.2, -0.15) is 0 Å². The first-order valence-corrected chi connectivity index (χ1v) is 5.39. The number of esters is 1. The molecule has 0 saturated carbocycles. The number of carbonyl (C=O) groups is 2. The molecule has 1 rings (SSSR count). The highest BCUT2D eigenvalue weighted by Gasteiger charge is 2.31. The number of halogens is 4. The summed E-state index contributed by atoms with van der Waals surface area (Å²) in [6.45, 7) is 1.50.